The van der Waals surface area contributed by atoms with E-state index in [1.807, 2.05) is 45.0 Å². The molecule has 1 rings (SSSR count). The molecule has 0 heterocycles. The second kappa shape index (κ2) is 5.40. The monoisotopic (exact) mass is 231 g/mol. The highest BCUT2D eigenvalue weighted by Crippen LogP contribution is 2.18. The molecular weight excluding hydrogens is 214 g/mol. The van der Waals surface area contributed by atoms with E-state index in [4.69, 9.17) is 10.5 Å². The fraction of sp³-hybridized carbons (Fsp3) is 0.357. The van der Waals surface area contributed by atoms with E-state index in [0.29, 0.717) is 0 Å². The summed E-state index contributed by atoms with van der Waals surface area (Å²) in [6.07, 6.45) is 0.0836. The highest BCUT2D eigenvalue weighted by atomic mass is 16.5. The Hall–Kier alpha value is -1.95. The molecule has 0 aromatic heterocycles. The predicted molar refractivity (Wildman–Crippen MR) is 67.5 cm³/mol. The number of carbonyl (C=O) groups is 1. The zero-order valence-electron chi connectivity index (χ0n) is 10.4. The molecule has 17 heavy (non-hydrogen) atoms. The summed E-state index contributed by atoms with van der Waals surface area (Å²) in [5.74, 6) is 5.95. The number of rotatable bonds is 2. The van der Waals surface area contributed by atoms with Crippen molar-refractivity contribution in [2.75, 3.05) is 0 Å². The first kappa shape index (κ1) is 13.1. The second-order valence-electron chi connectivity index (χ2n) is 4.68. The molecule has 0 bridgehead atoms. The van der Waals surface area contributed by atoms with Gasteiger partial charge < -0.3 is 10.5 Å². The SMILES string of the molecule is CC(C)(C)Oc1ccc(C#CCC(N)=O)cc1. The van der Waals surface area contributed by atoms with Crippen molar-refractivity contribution in [2.24, 2.45) is 5.73 Å². The van der Waals surface area contributed by atoms with Crippen molar-refractivity contribution in [3.05, 3.63) is 29.8 Å². The van der Waals surface area contributed by atoms with Crippen LogP contribution in [0.2, 0.25) is 0 Å². The van der Waals surface area contributed by atoms with Gasteiger partial charge in [-0.15, -0.1) is 0 Å². The Morgan fingerprint density at radius 1 is 1.29 bits per heavy atom. The van der Waals surface area contributed by atoms with Gasteiger partial charge in [0.25, 0.3) is 0 Å². The van der Waals surface area contributed by atoms with Gasteiger partial charge in [-0.3, -0.25) is 4.79 Å². The first-order chi connectivity index (χ1) is 7.87. The summed E-state index contributed by atoms with van der Waals surface area (Å²) < 4.78 is 5.68. The fourth-order valence-corrected chi connectivity index (χ4v) is 1.19. The van der Waals surface area contributed by atoms with E-state index in [2.05, 4.69) is 11.8 Å². The van der Waals surface area contributed by atoms with E-state index in [-0.39, 0.29) is 12.0 Å². The highest BCUT2D eigenvalue weighted by Gasteiger charge is 2.10. The Balaban J connectivity index is 2.67. The number of primary amides is 1. The van der Waals surface area contributed by atoms with Crippen molar-refractivity contribution in [3.8, 4) is 17.6 Å². The van der Waals surface area contributed by atoms with Crippen LogP contribution in [0, 0.1) is 11.8 Å². The number of hydrogen-bond donors (Lipinski definition) is 1. The normalized spacial score (nSPS) is 10.3. The molecule has 90 valence electrons. The van der Waals surface area contributed by atoms with Gasteiger partial charge in [0.1, 0.15) is 11.4 Å². The van der Waals surface area contributed by atoms with Gasteiger partial charge in [0.2, 0.25) is 5.91 Å². The zero-order valence-corrected chi connectivity index (χ0v) is 10.4. The van der Waals surface area contributed by atoms with Crippen LogP contribution in [0.4, 0.5) is 0 Å². The van der Waals surface area contributed by atoms with Crippen molar-refractivity contribution in [1.82, 2.24) is 0 Å². The van der Waals surface area contributed by atoms with E-state index >= 15 is 0 Å². The van der Waals surface area contributed by atoms with Gasteiger partial charge in [-0.05, 0) is 45.0 Å². The molecule has 1 aromatic carbocycles. The smallest absolute Gasteiger partial charge is 0.229 e. The van der Waals surface area contributed by atoms with Gasteiger partial charge >= 0.3 is 0 Å². The molecule has 2 N–H and O–H groups in total. The summed E-state index contributed by atoms with van der Waals surface area (Å²) >= 11 is 0. The van der Waals surface area contributed by atoms with Crippen molar-refractivity contribution >= 4 is 5.91 Å². The van der Waals surface area contributed by atoms with Crippen LogP contribution in [-0.4, -0.2) is 11.5 Å². The number of benzene rings is 1. The largest absolute Gasteiger partial charge is 0.488 e. The number of hydrogen-bond acceptors (Lipinski definition) is 2. The first-order valence-electron chi connectivity index (χ1n) is 5.43. The van der Waals surface area contributed by atoms with Crippen molar-refractivity contribution < 1.29 is 9.53 Å². The molecule has 0 aliphatic carbocycles. The minimum absolute atomic E-state index is 0.0836. The molecule has 1 aromatic rings. The Bertz CT molecular complexity index is 444. The third-order valence-electron chi connectivity index (χ3n) is 1.77. The molecule has 3 heteroatoms. The lowest BCUT2D eigenvalue weighted by Crippen LogP contribution is -2.22. The summed E-state index contributed by atoms with van der Waals surface area (Å²) in [4.78, 5) is 10.5. The molecule has 3 nitrogen and oxygen atoms in total. The van der Waals surface area contributed by atoms with Crippen LogP contribution in [0.5, 0.6) is 5.75 Å². The van der Waals surface area contributed by atoms with Crippen LogP contribution in [-0.2, 0) is 4.79 Å². The lowest BCUT2D eigenvalue weighted by molar-refractivity contribution is -0.117. The van der Waals surface area contributed by atoms with Crippen LogP contribution in [0.15, 0.2) is 24.3 Å². The second-order valence-corrected chi connectivity index (χ2v) is 4.68. The summed E-state index contributed by atoms with van der Waals surface area (Å²) in [5, 5.41) is 0. The predicted octanol–water partition coefficient (Wildman–Crippen LogP) is 2.09. The van der Waals surface area contributed by atoms with Gasteiger partial charge in [-0.1, -0.05) is 11.8 Å². The maximum atomic E-state index is 10.5. The number of amides is 1. The highest BCUT2D eigenvalue weighted by molar-refractivity contribution is 5.76. The van der Waals surface area contributed by atoms with Crippen LogP contribution in [0.25, 0.3) is 0 Å². The maximum absolute atomic E-state index is 10.5. The minimum Gasteiger partial charge on any atom is -0.488 e. The quantitative estimate of drug-likeness (QED) is 0.792. The molecule has 0 aliphatic rings. The van der Waals surface area contributed by atoms with Crippen molar-refractivity contribution in [1.29, 1.82) is 0 Å². The molecular formula is C14H17NO2. The number of ether oxygens (including phenoxy) is 1. The fourth-order valence-electron chi connectivity index (χ4n) is 1.19. The van der Waals surface area contributed by atoms with Crippen LogP contribution in [0.3, 0.4) is 0 Å². The summed E-state index contributed by atoms with van der Waals surface area (Å²) in [6, 6.07) is 7.43. The van der Waals surface area contributed by atoms with Gasteiger partial charge in [0.15, 0.2) is 0 Å². The lowest BCUT2D eigenvalue weighted by Gasteiger charge is -2.21. The van der Waals surface area contributed by atoms with E-state index < -0.39 is 5.91 Å². The van der Waals surface area contributed by atoms with Gasteiger partial charge in [0.05, 0.1) is 6.42 Å². The minimum atomic E-state index is -0.412. The average Bonchev–Trinajstić information content (AvgIpc) is 2.18. The van der Waals surface area contributed by atoms with Gasteiger partial charge in [-0.25, -0.2) is 0 Å². The van der Waals surface area contributed by atoms with Gasteiger partial charge in [0, 0.05) is 5.56 Å². The summed E-state index contributed by atoms with van der Waals surface area (Å²) in [6.45, 7) is 5.98. The Morgan fingerprint density at radius 2 is 1.88 bits per heavy atom. The topological polar surface area (TPSA) is 52.3 Å². The molecule has 0 fully saturated rings. The zero-order chi connectivity index (χ0) is 12.9. The standard InChI is InChI=1S/C14H17NO2/c1-14(2,3)17-12-9-7-11(8-10-12)5-4-6-13(15)16/h7-10H,6H2,1-3H3,(H2,15,16). The maximum Gasteiger partial charge on any atom is 0.229 e. The molecule has 0 atom stereocenters. The third kappa shape index (κ3) is 5.62. The number of nitrogens with two attached hydrogens (primary N) is 1. The molecule has 0 saturated heterocycles. The van der Waals surface area contributed by atoms with E-state index in [0.717, 1.165) is 11.3 Å². The average molecular weight is 231 g/mol. The molecule has 1 amide bonds. The van der Waals surface area contributed by atoms with E-state index in [1.54, 1.807) is 0 Å². The van der Waals surface area contributed by atoms with Crippen LogP contribution in [0.1, 0.15) is 32.8 Å². The van der Waals surface area contributed by atoms with Crippen LogP contribution < -0.4 is 10.5 Å². The molecule has 0 saturated carbocycles. The van der Waals surface area contributed by atoms with E-state index in [9.17, 15) is 4.79 Å². The van der Waals surface area contributed by atoms with Crippen molar-refractivity contribution in [3.63, 3.8) is 0 Å². The molecule has 0 unspecified atom stereocenters. The Morgan fingerprint density at radius 3 is 2.35 bits per heavy atom. The first-order valence-corrected chi connectivity index (χ1v) is 5.43. The third-order valence-corrected chi connectivity index (χ3v) is 1.77. The van der Waals surface area contributed by atoms with Crippen LogP contribution >= 0.6 is 0 Å². The lowest BCUT2D eigenvalue weighted by atomic mass is 10.1. The Labute approximate surface area is 102 Å². The Kier molecular flexibility index (Phi) is 4.17. The number of carbonyl (C=O) groups excluding carboxylic acids is 1. The molecule has 0 spiro atoms. The summed E-state index contributed by atoms with van der Waals surface area (Å²) in [7, 11) is 0. The van der Waals surface area contributed by atoms with E-state index in [1.165, 1.54) is 0 Å². The molecule has 0 radical (unpaired) electrons. The molecule has 0 aliphatic heterocycles. The van der Waals surface area contributed by atoms with Crippen molar-refractivity contribution in [2.45, 2.75) is 32.8 Å². The summed E-state index contributed by atoms with van der Waals surface area (Å²) in [5.41, 5.74) is 5.62. The van der Waals surface area contributed by atoms with Gasteiger partial charge in [-0.2, -0.15) is 0 Å².